The Morgan fingerprint density at radius 1 is 1.24 bits per heavy atom. The second kappa shape index (κ2) is 4.96. The summed E-state index contributed by atoms with van der Waals surface area (Å²) in [5.41, 5.74) is 1.15. The Bertz CT molecular complexity index is 447. The summed E-state index contributed by atoms with van der Waals surface area (Å²) < 4.78 is 10.5. The Kier molecular flexibility index (Phi) is 3.84. The van der Waals surface area contributed by atoms with Crippen LogP contribution in [0.15, 0.2) is 12.1 Å². The largest absolute Gasteiger partial charge is 0.497 e. The van der Waals surface area contributed by atoms with E-state index in [0.29, 0.717) is 5.75 Å². The molecule has 0 heterocycles. The normalized spacial score (nSPS) is 10.6. The second-order valence-electron chi connectivity index (χ2n) is 4.38. The van der Waals surface area contributed by atoms with Crippen LogP contribution in [0.25, 0.3) is 0 Å². The van der Waals surface area contributed by atoms with Crippen LogP contribution in [0.3, 0.4) is 0 Å². The van der Waals surface area contributed by atoms with E-state index in [4.69, 9.17) is 14.7 Å². The van der Waals surface area contributed by atoms with Crippen molar-refractivity contribution >= 4 is 5.69 Å². The number of aryl methyl sites for hydroxylation is 1. The van der Waals surface area contributed by atoms with Crippen LogP contribution in [0, 0.1) is 18.3 Å². The van der Waals surface area contributed by atoms with Crippen LogP contribution >= 0.6 is 0 Å². The molecule has 0 atom stereocenters. The summed E-state index contributed by atoms with van der Waals surface area (Å²) in [7, 11) is 3.21. The summed E-state index contributed by atoms with van der Waals surface area (Å²) in [6.07, 6.45) is 0. The van der Waals surface area contributed by atoms with Gasteiger partial charge >= 0.3 is 0 Å². The topological polar surface area (TPSA) is 54.3 Å². The van der Waals surface area contributed by atoms with Gasteiger partial charge in [0.25, 0.3) is 0 Å². The fourth-order valence-electron chi connectivity index (χ4n) is 1.50. The summed E-state index contributed by atoms with van der Waals surface area (Å²) in [6, 6.07) is 5.89. The quantitative estimate of drug-likeness (QED) is 0.870. The van der Waals surface area contributed by atoms with Crippen LogP contribution in [0.1, 0.15) is 19.4 Å². The lowest BCUT2D eigenvalue weighted by Crippen LogP contribution is -2.29. The summed E-state index contributed by atoms with van der Waals surface area (Å²) in [6.45, 7) is 5.58. The third-order valence-electron chi connectivity index (χ3n) is 2.45. The first kappa shape index (κ1) is 13.2. The first-order valence-electron chi connectivity index (χ1n) is 5.35. The molecule has 0 bridgehead atoms. The third kappa shape index (κ3) is 3.04. The summed E-state index contributed by atoms with van der Waals surface area (Å²) >= 11 is 0. The predicted octanol–water partition coefficient (Wildman–Crippen LogP) is 2.73. The number of nitriles is 1. The third-order valence-corrected chi connectivity index (χ3v) is 2.45. The highest BCUT2D eigenvalue weighted by Gasteiger charge is 2.20. The predicted molar refractivity (Wildman–Crippen MR) is 67.6 cm³/mol. The number of anilines is 1. The van der Waals surface area contributed by atoms with E-state index in [0.717, 1.165) is 17.0 Å². The van der Waals surface area contributed by atoms with Crippen molar-refractivity contribution in [2.45, 2.75) is 26.3 Å². The number of rotatable bonds is 4. The van der Waals surface area contributed by atoms with Gasteiger partial charge in [0.2, 0.25) is 0 Å². The molecule has 92 valence electrons. The molecule has 0 spiro atoms. The van der Waals surface area contributed by atoms with Crippen LogP contribution < -0.4 is 14.8 Å². The molecule has 17 heavy (non-hydrogen) atoms. The van der Waals surface area contributed by atoms with Gasteiger partial charge in [-0.2, -0.15) is 5.26 Å². The molecule has 1 rings (SSSR count). The van der Waals surface area contributed by atoms with Crippen molar-refractivity contribution in [2.24, 2.45) is 0 Å². The molecule has 0 unspecified atom stereocenters. The smallest absolute Gasteiger partial charge is 0.145 e. The number of hydrogen-bond donors (Lipinski definition) is 1. The molecule has 0 aliphatic carbocycles. The summed E-state index contributed by atoms with van der Waals surface area (Å²) in [4.78, 5) is 0. The fraction of sp³-hybridized carbons (Fsp3) is 0.462. The molecular weight excluding hydrogens is 216 g/mol. The molecule has 1 N–H and O–H groups in total. The van der Waals surface area contributed by atoms with Crippen LogP contribution in [0.5, 0.6) is 11.5 Å². The molecule has 0 saturated heterocycles. The number of nitrogens with zero attached hydrogens (tertiary/aromatic N) is 1. The molecule has 4 nitrogen and oxygen atoms in total. The van der Waals surface area contributed by atoms with Gasteiger partial charge in [-0.15, -0.1) is 0 Å². The minimum Gasteiger partial charge on any atom is -0.497 e. The monoisotopic (exact) mass is 234 g/mol. The Morgan fingerprint density at radius 2 is 1.88 bits per heavy atom. The zero-order valence-electron chi connectivity index (χ0n) is 10.9. The Morgan fingerprint density at radius 3 is 2.35 bits per heavy atom. The maximum atomic E-state index is 9.03. The molecule has 0 aromatic heterocycles. The zero-order valence-corrected chi connectivity index (χ0v) is 10.9. The molecule has 0 radical (unpaired) electrons. The van der Waals surface area contributed by atoms with Crippen molar-refractivity contribution in [3.8, 4) is 17.6 Å². The van der Waals surface area contributed by atoms with Crippen molar-refractivity contribution in [3.05, 3.63) is 17.7 Å². The molecular formula is C13H18N2O2. The first-order chi connectivity index (χ1) is 7.93. The van der Waals surface area contributed by atoms with E-state index < -0.39 is 5.54 Å². The van der Waals surface area contributed by atoms with Gasteiger partial charge in [0.05, 0.1) is 26.0 Å². The van der Waals surface area contributed by atoms with Gasteiger partial charge in [0.15, 0.2) is 0 Å². The number of methoxy groups -OCH3 is 2. The average molecular weight is 234 g/mol. The average Bonchev–Trinajstić information content (AvgIpc) is 2.31. The number of benzene rings is 1. The van der Waals surface area contributed by atoms with Gasteiger partial charge in [-0.1, -0.05) is 0 Å². The van der Waals surface area contributed by atoms with Crippen LogP contribution in [-0.4, -0.2) is 19.8 Å². The Hall–Kier alpha value is -1.89. The van der Waals surface area contributed by atoms with Crippen molar-refractivity contribution in [1.82, 2.24) is 0 Å². The molecule has 1 aromatic rings. The number of hydrogen-bond acceptors (Lipinski definition) is 4. The lowest BCUT2D eigenvalue weighted by Gasteiger charge is -2.23. The highest BCUT2D eigenvalue weighted by molar-refractivity contribution is 5.66. The van der Waals surface area contributed by atoms with Gasteiger partial charge in [-0.05, 0) is 32.4 Å². The van der Waals surface area contributed by atoms with Crippen LogP contribution in [0.2, 0.25) is 0 Å². The van der Waals surface area contributed by atoms with Crippen molar-refractivity contribution < 1.29 is 9.47 Å². The number of ether oxygens (including phenoxy) is 2. The van der Waals surface area contributed by atoms with Gasteiger partial charge in [0, 0.05) is 6.07 Å². The van der Waals surface area contributed by atoms with Crippen molar-refractivity contribution in [3.63, 3.8) is 0 Å². The van der Waals surface area contributed by atoms with E-state index >= 15 is 0 Å². The molecule has 0 fully saturated rings. The van der Waals surface area contributed by atoms with Gasteiger partial charge in [-0.25, -0.2) is 0 Å². The maximum Gasteiger partial charge on any atom is 0.145 e. The Labute approximate surface area is 102 Å². The molecule has 0 amide bonds. The summed E-state index contributed by atoms with van der Waals surface area (Å²) in [5.74, 6) is 1.41. The molecule has 0 saturated carbocycles. The van der Waals surface area contributed by atoms with Crippen LogP contribution in [-0.2, 0) is 0 Å². The highest BCUT2D eigenvalue weighted by atomic mass is 16.5. The van der Waals surface area contributed by atoms with E-state index in [-0.39, 0.29) is 0 Å². The van der Waals surface area contributed by atoms with E-state index in [2.05, 4.69) is 11.4 Å². The maximum absolute atomic E-state index is 9.03. The van der Waals surface area contributed by atoms with Crippen LogP contribution in [0.4, 0.5) is 5.69 Å². The summed E-state index contributed by atoms with van der Waals surface area (Å²) in [5, 5.41) is 12.2. The SMILES string of the molecule is COc1cc(C)c(NC(C)(C)C#N)c(OC)c1. The minimum absolute atomic E-state index is 0.646. The standard InChI is InChI=1S/C13H18N2O2/c1-9-6-10(16-4)7-11(17-5)12(9)15-13(2,3)8-14/h6-7,15H,1-5H3. The first-order valence-corrected chi connectivity index (χ1v) is 5.35. The van der Waals surface area contributed by atoms with E-state index in [1.165, 1.54) is 0 Å². The molecule has 1 aromatic carbocycles. The van der Waals surface area contributed by atoms with Crippen molar-refractivity contribution in [2.75, 3.05) is 19.5 Å². The van der Waals surface area contributed by atoms with E-state index in [1.807, 2.05) is 26.8 Å². The van der Waals surface area contributed by atoms with Gasteiger partial charge in [-0.3, -0.25) is 0 Å². The second-order valence-corrected chi connectivity index (χ2v) is 4.38. The molecule has 4 heteroatoms. The number of nitrogens with one attached hydrogen (secondary N) is 1. The lowest BCUT2D eigenvalue weighted by molar-refractivity contribution is 0.394. The van der Waals surface area contributed by atoms with Gasteiger partial charge < -0.3 is 14.8 Å². The highest BCUT2D eigenvalue weighted by Crippen LogP contribution is 2.34. The fourth-order valence-corrected chi connectivity index (χ4v) is 1.50. The Balaban J connectivity index is 3.20. The zero-order chi connectivity index (χ0) is 13.1. The van der Waals surface area contributed by atoms with Gasteiger partial charge in [0.1, 0.15) is 17.0 Å². The lowest BCUT2D eigenvalue weighted by atomic mass is 10.1. The molecule has 0 aliphatic rings. The van der Waals surface area contributed by atoms with E-state index in [1.54, 1.807) is 20.3 Å². The van der Waals surface area contributed by atoms with E-state index in [9.17, 15) is 0 Å². The minimum atomic E-state index is -0.646. The molecule has 0 aliphatic heterocycles. The van der Waals surface area contributed by atoms with Crippen molar-refractivity contribution in [1.29, 1.82) is 5.26 Å².